The minimum absolute atomic E-state index is 0.116. The zero-order chi connectivity index (χ0) is 20.9. The van der Waals surface area contributed by atoms with Gasteiger partial charge in [-0.1, -0.05) is 51.9 Å². The summed E-state index contributed by atoms with van der Waals surface area (Å²) in [6.45, 7) is 2.67. The van der Waals surface area contributed by atoms with Crippen LogP contribution in [-0.4, -0.2) is 24.1 Å². The second-order valence-electron chi connectivity index (χ2n) is 7.59. The van der Waals surface area contributed by atoms with Gasteiger partial charge < -0.3 is 10.1 Å². The highest BCUT2D eigenvalue weighted by molar-refractivity contribution is 6.21. The summed E-state index contributed by atoms with van der Waals surface area (Å²) in [6, 6.07) is 6.84. The van der Waals surface area contributed by atoms with Crippen molar-refractivity contribution in [2.75, 3.05) is 11.9 Å². The van der Waals surface area contributed by atoms with Gasteiger partial charge in [-0.15, -0.1) is 0 Å². The Hall–Kier alpha value is -2.43. The van der Waals surface area contributed by atoms with Crippen molar-refractivity contribution in [2.45, 2.75) is 77.6 Å². The van der Waals surface area contributed by atoms with Gasteiger partial charge in [0.1, 0.15) is 0 Å². The molecule has 5 nitrogen and oxygen atoms in total. The second kappa shape index (κ2) is 12.9. The first kappa shape index (κ1) is 22.9. The summed E-state index contributed by atoms with van der Waals surface area (Å²) in [5, 5.41) is 2.97. The van der Waals surface area contributed by atoms with Gasteiger partial charge in [0.25, 0.3) is 0 Å². The average molecular weight is 400 g/mol. The van der Waals surface area contributed by atoms with E-state index in [0.717, 1.165) is 12.8 Å². The van der Waals surface area contributed by atoms with Crippen LogP contribution in [-0.2, 0) is 14.3 Å². The van der Waals surface area contributed by atoms with Crippen LogP contribution in [0.3, 0.4) is 0 Å². The van der Waals surface area contributed by atoms with Crippen molar-refractivity contribution in [1.82, 2.24) is 0 Å². The Bertz CT molecular complexity index is 688. The molecule has 0 heterocycles. The maximum atomic E-state index is 12.1. The summed E-state index contributed by atoms with van der Waals surface area (Å²) in [4.78, 5) is 35.7. The molecule has 0 radical (unpaired) electrons. The molecule has 0 aromatic heterocycles. The van der Waals surface area contributed by atoms with E-state index in [4.69, 9.17) is 4.74 Å². The van der Waals surface area contributed by atoms with E-state index in [1.54, 1.807) is 24.3 Å². The van der Waals surface area contributed by atoms with Gasteiger partial charge in [0.15, 0.2) is 11.6 Å². The van der Waals surface area contributed by atoms with Crippen molar-refractivity contribution >= 4 is 23.2 Å². The predicted octanol–water partition coefficient (Wildman–Crippen LogP) is 5.60. The molecule has 1 aromatic rings. The molecule has 0 atom stereocenters. The Morgan fingerprint density at radius 1 is 0.931 bits per heavy atom. The number of ether oxygens (including phenoxy) is 1. The van der Waals surface area contributed by atoms with E-state index in [1.165, 1.54) is 44.7 Å². The molecule has 2 rings (SSSR count). The lowest BCUT2D eigenvalue weighted by Crippen LogP contribution is -2.19. The highest BCUT2D eigenvalue weighted by Crippen LogP contribution is 2.18. The Morgan fingerprint density at radius 3 is 2.14 bits per heavy atom. The first-order valence-corrected chi connectivity index (χ1v) is 10.9. The molecular weight excluding hydrogens is 366 g/mol. The molecule has 0 saturated heterocycles. The summed E-state index contributed by atoms with van der Waals surface area (Å²) < 4.78 is 5.34. The Morgan fingerprint density at radius 2 is 1.52 bits per heavy atom. The van der Waals surface area contributed by atoms with Crippen LogP contribution in [0.25, 0.3) is 0 Å². The molecule has 1 aliphatic carbocycles. The van der Waals surface area contributed by atoms with Gasteiger partial charge in [0.2, 0.25) is 0 Å². The third kappa shape index (κ3) is 8.22. The number of carbonyl (C=O) groups is 3. The number of rotatable bonds is 12. The first-order chi connectivity index (χ1) is 14.1. The van der Waals surface area contributed by atoms with Crippen molar-refractivity contribution in [1.29, 1.82) is 0 Å². The lowest BCUT2D eigenvalue weighted by atomic mass is 9.93. The van der Waals surface area contributed by atoms with E-state index in [-0.39, 0.29) is 23.1 Å². The molecule has 0 bridgehead atoms. The molecule has 0 amide bonds. The van der Waals surface area contributed by atoms with E-state index in [0.29, 0.717) is 37.1 Å². The first-order valence-electron chi connectivity index (χ1n) is 10.9. The van der Waals surface area contributed by atoms with Crippen LogP contribution < -0.4 is 5.32 Å². The Labute approximate surface area is 173 Å². The van der Waals surface area contributed by atoms with Crippen molar-refractivity contribution in [3.8, 4) is 0 Å². The topological polar surface area (TPSA) is 72.5 Å². The maximum Gasteiger partial charge on any atom is 0.338 e. The fourth-order valence-corrected chi connectivity index (χ4v) is 3.34. The molecule has 1 N–H and O–H groups in total. The van der Waals surface area contributed by atoms with Crippen LogP contribution >= 0.6 is 0 Å². The lowest BCUT2D eigenvalue weighted by molar-refractivity contribution is -0.123. The number of esters is 1. The van der Waals surface area contributed by atoms with Crippen LogP contribution in [0, 0.1) is 0 Å². The van der Waals surface area contributed by atoms with Crippen molar-refractivity contribution < 1.29 is 19.1 Å². The number of ketones is 2. The molecule has 1 saturated carbocycles. The minimum atomic E-state index is -0.324. The normalized spacial score (nSPS) is 14.0. The number of benzene rings is 1. The number of Topliss-reactive ketones (excluding diaryl/α,β-unsaturated/α-hetero) is 2. The number of hydrogen-bond acceptors (Lipinski definition) is 5. The quantitative estimate of drug-likeness (QED) is 0.214. The summed E-state index contributed by atoms with van der Waals surface area (Å²) in [6.07, 6.45) is 12.6. The molecule has 1 aromatic carbocycles. The summed E-state index contributed by atoms with van der Waals surface area (Å²) >= 11 is 0. The van der Waals surface area contributed by atoms with Crippen LogP contribution in [0.5, 0.6) is 0 Å². The van der Waals surface area contributed by atoms with Gasteiger partial charge in [0.05, 0.1) is 17.7 Å². The van der Waals surface area contributed by atoms with E-state index in [2.05, 4.69) is 12.2 Å². The second-order valence-corrected chi connectivity index (χ2v) is 7.59. The van der Waals surface area contributed by atoms with Crippen molar-refractivity contribution in [3.05, 3.63) is 41.6 Å². The summed E-state index contributed by atoms with van der Waals surface area (Å²) in [5.74, 6) is -0.555. The zero-order valence-electron chi connectivity index (χ0n) is 17.5. The monoisotopic (exact) mass is 399 g/mol. The number of unbranched alkanes of at least 4 members (excludes halogenated alkanes) is 7. The van der Waals surface area contributed by atoms with Crippen LogP contribution in [0.15, 0.2) is 36.0 Å². The van der Waals surface area contributed by atoms with E-state index < -0.39 is 0 Å². The minimum Gasteiger partial charge on any atom is -0.462 e. The van der Waals surface area contributed by atoms with Gasteiger partial charge in [-0.2, -0.15) is 0 Å². The van der Waals surface area contributed by atoms with Crippen LogP contribution in [0.2, 0.25) is 0 Å². The third-order valence-corrected chi connectivity index (χ3v) is 5.14. The highest BCUT2D eigenvalue weighted by Gasteiger charge is 2.22. The number of nitrogens with one attached hydrogen (secondary N) is 1. The predicted molar refractivity (Wildman–Crippen MR) is 115 cm³/mol. The lowest BCUT2D eigenvalue weighted by Gasteiger charge is -2.12. The Balaban J connectivity index is 1.68. The van der Waals surface area contributed by atoms with Crippen LogP contribution in [0.1, 0.15) is 87.9 Å². The fraction of sp³-hybridized carbons (Fsp3) is 0.542. The molecule has 0 aliphatic heterocycles. The molecule has 158 valence electrons. The van der Waals surface area contributed by atoms with Crippen molar-refractivity contribution in [3.63, 3.8) is 0 Å². The number of allylic oxidation sites excluding steroid dienone is 1. The molecule has 0 spiro atoms. The standard InChI is InChI=1S/C24H33NO4/c1-2-3-4-5-6-7-8-9-17-29-24(28)19-13-15-20(16-14-19)25-18-21-22(26)11-10-12-23(21)27/h13-16,18,25H,2-12,17H2,1H3. The van der Waals surface area contributed by atoms with Crippen molar-refractivity contribution in [2.24, 2.45) is 0 Å². The zero-order valence-corrected chi connectivity index (χ0v) is 17.5. The molecular formula is C24H33NO4. The van der Waals surface area contributed by atoms with Gasteiger partial charge >= 0.3 is 5.97 Å². The Kier molecular flexibility index (Phi) is 10.2. The maximum absolute atomic E-state index is 12.1. The SMILES string of the molecule is CCCCCCCCCCOC(=O)c1ccc(NC=C2C(=O)CCCC2=O)cc1. The van der Waals surface area contributed by atoms with E-state index >= 15 is 0 Å². The van der Waals surface area contributed by atoms with E-state index in [1.807, 2.05) is 0 Å². The molecule has 0 unspecified atom stereocenters. The molecule has 1 aliphatic rings. The smallest absolute Gasteiger partial charge is 0.338 e. The van der Waals surface area contributed by atoms with Gasteiger partial charge in [-0.25, -0.2) is 4.79 Å². The van der Waals surface area contributed by atoms with Crippen LogP contribution in [0.4, 0.5) is 5.69 Å². The van der Waals surface area contributed by atoms with E-state index in [9.17, 15) is 14.4 Å². The van der Waals surface area contributed by atoms with Gasteiger partial charge in [-0.3, -0.25) is 9.59 Å². The fourth-order valence-electron chi connectivity index (χ4n) is 3.34. The highest BCUT2D eigenvalue weighted by atomic mass is 16.5. The number of anilines is 1. The molecule has 29 heavy (non-hydrogen) atoms. The summed E-state index contributed by atoms with van der Waals surface area (Å²) in [5.41, 5.74) is 1.43. The number of carbonyl (C=O) groups excluding carboxylic acids is 3. The average Bonchev–Trinajstić information content (AvgIpc) is 2.72. The van der Waals surface area contributed by atoms with Gasteiger partial charge in [-0.05, 0) is 37.1 Å². The number of hydrogen-bond donors (Lipinski definition) is 1. The van der Waals surface area contributed by atoms with Gasteiger partial charge in [0, 0.05) is 24.7 Å². The largest absolute Gasteiger partial charge is 0.462 e. The summed E-state index contributed by atoms with van der Waals surface area (Å²) in [7, 11) is 0. The molecule has 1 fully saturated rings. The third-order valence-electron chi connectivity index (χ3n) is 5.14. The molecule has 5 heteroatoms.